The van der Waals surface area contributed by atoms with Crippen LogP contribution < -0.4 is 9.64 Å². The number of sulfonamides is 1. The number of hydrogen-bond acceptors (Lipinski definition) is 6. The summed E-state index contributed by atoms with van der Waals surface area (Å²) in [6.07, 6.45) is 0. The average Bonchev–Trinajstić information content (AvgIpc) is 2.94. The van der Waals surface area contributed by atoms with Gasteiger partial charge in [-0.05, 0) is 47.5 Å². The maximum atomic E-state index is 13.2. The number of methoxy groups -OCH3 is 1. The number of piperazine rings is 1. The van der Waals surface area contributed by atoms with Crippen LogP contribution in [0.1, 0.15) is 0 Å². The first-order valence-electron chi connectivity index (χ1n) is 11.4. The summed E-state index contributed by atoms with van der Waals surface area (Å²) < 4.78 is 33.2. The van der Waals surface area contributed by atoms with Crippen LogP contribution in [0.3, 0.4) is 0 Å². The molecule has 0 saturated carbocycles. The Morgan fingerprint density at radius 1 is 0.714 bits per heavy atom. The molecule has 0 amide bonds. The van der Waals surface area contributed by atoms with Crippen LogP contribution in [0.5, 0.6) is 5.75 Å². The molecule has 1 saturated heterocycles. The van der Waals surface area contributed by atoms with E-state index in [2.05, 4.69) is 15.1 Å². The minimum atomic E-state index is -3.56. The van der Waals surface area contributed by atoms with Crippen LogP contribution in [0.15, 0.2) is 95.9 Å². The highest BCUT2D eigenvalue weighted by Crippen LogP contribution is 2.26. The number of benzene rings is 3. The highest BCUT2D eigenvalue weighted by atomic mass is 32.2. The molecule has 0 unspecified atom stereocenters. The number of aromatic nitrogens is 2. The summed E-state index contributed by atoms with van der Waals surface area (Å²) in [7, 11) is -1.92. The van der Waals surface area contributed by atoms with Gasteiger partial charge < -0.3 is 9.64 Å². The zero-order chi connectivity index (χ0) is 24.3. The Balaban J connectivity index is 1.24. The number of ether oxygens (including phenoxy) is 1. The van der Waals surface area contributed by atoms with Crippen LogP contribution in [-0.4, -0.2) is 56.2 Å². The first-order chi connectivity index (χ1) is 17.0. The quantitative estimate of drug-likeness (QED) is 0.404. The van der Waals surface area contributed by atoms with E-state index in [0.717, 1.165) is 34.0 Å². The lowest BCUT2D eigenvalue weighted by Crippen LogP contribution is -2.48. The molecule has 1 aliphatic rings. The van der Waals surface area contributed by atoms with Crippen molar-refractivity contribution in [1.82, 2.24) is 14.5 Å². The monoisotopic (exact) mass is 486 g/mol. The summed E-state index contributed by atoms with van der Waals surface area (Å²) in [6, 6.07) is 28.5. The number of rotatable bonds is 6. The van der Waals surface area contributed by atoms with Crippen molar-refractivity contribution in [2.24, 2.45) is 0 Å². The zero-order valence-electron chi connectivity index (χ0n) is 19.4. The predicted molar refractivity (Wildman–Crippen MR) is 137 cm³/mol. The molecule has 0 N–H and O–H groups in total. The largest absolute Gasteiger partial charge is 0.497 e. The van der Waals surface area contributed by atoms with E-state index in [4.69, 9.17) is 4.74 Å². The standard InChI is InChI=1S/C27H26N4O3S/c1-34-24-9-5-8-23(20-24)26-14-15-27(29-28-26)30-16-18-31(19-17-30)35(32,33)25-12-10-22(11-13-25)21-6-3-2-4-7-21/h2-15,20H,16-19H2,1H3. The molecule has 1 aliphatic heterocycles. The molecule has 35 heavy (non-hydrogen) atoms. The number of hydrogen-bond donors (Lipinski definition) is 0. The van der Waals surface area contributed by atoms with Crippen molar-refractivity contribution in [3.8, 4) is 28.1 Å². The van der Waals surface area contributed by atoms with Gasteiger partial charge in [-0.2, -0.15) is 4.31 Å². The van der Waals surface area contributed by atoms with Gasteiger partial charge in [0.1, 0.15) is 5.75 Å². The Morgan fingerprint density at radius 3 is 2.06 bits per heavy atom. The van der Waals surface area contributed by atoms with Crippen molar-refractivity contribution in [1.29, 1.82) is 0 Å². The fraction of sp³-hybridized carbons (Fsp3) is 0.185. The maximum Gasteiger partial charge on any atom is 0.243 e. The summed E-state index contributed by atoms with van der Waals surface area (Å²) in [6.45, 7) is 1.88. The smallest absolute Gasteiger partial charge is 0.243 e. The Kier molecular flexibility index (Phi) is 6.48. The van der Waals surface area contributed by atoms with Gasteiger partial charge in [0, 0.05) is 31.7 Å². The minimum absolute atomic E-state index is 0.313. The third kappa shape index (κ3) is 4.89. The van der Waals surface area contributed by atoms with E-state index >= 15 is 0 Å². The lowest BCUT2D eigenvalue weighted by Gasteiger charge is -2.34. The van der Waals surface area contributed by atoms with Gasteiger partial charge in [-0.3, -0.25) is 0 Å². The Bertz CT molecular complexity index is 1380. The van der Waals surface area contributed by atoms with Crippen LogP contribution in [0.25, 0.3) is 22.4 Å². The molecule has 4 aromatic rings. The second kappa shape index (κ2) is 9.85. The van der Waals surface area contributed by atoms with Crippen LogP contribution >= 0.6 is 0 Å². The van der Waals surface area contributed by atoms with E-state index in [1.807, 2.05) is 78.9 Å². The third-order valence-corrected chi connectivity index (χ3v) is 8.09. The van der Waals surface area contributed by atoms with Crippen molar-refractivity contribution in [2.75, 3.05) is 38.2 Å². The van der Waals surface area contributed by atoms with Gasteiger partial charge in [-0.25, -0.2) is 8.42 Å². The Morgan fingerprint density at radius 2 is 1.40 bits per heavy atom. The molecule has 1 aromatic heterocycles. The van der Waals surface area contributed by atoms with Gasteiger partial charge >= 0.3 is 0 Å². The molecule has 3 aromatic carbocycles. The summed E-state index contributed by atoms with van der Waals surface area (Å²) in [5.74, 6) is 1.50. The van der Waals surface area contributed by atoms with Crippen molar-refractivity contribution in [2.45, 2.75) is 4.90 Å². The molecule has 5 rings (SSSR count). The SMILES string of the molecule is COc1cccc(-c2ccc(N3CCN(S(=O)(=O)c4ccc(-c5ccccc5)cc4)CC3)nn2)c1. The van der Waals surface area contributed by atoms with E-state index in [9.17, 15) is 8.42 Å². The average molecular weight is 487 g/mol. The Labute approximate surface area is 205 Å². The van der Waals surface area contributed by atoms with Crippen LogP contribution in [0.2, 0.25) is 0 Å². The fourth-order valence-electron chi connectivity index (χ4n) is 4.19. The zero-order valence-corrected chi connectivity index (χ0v) is 20.2. The summed E-state index contributed by atoms with van der Waals surface area (Å²) in [5, 5.41) is 8.75. The van der Waals surface area contributed by atoms with Crippen molar-refractivity contribution < 1.29 is 13.2 Å². The van der Waals surface area contributed by atoms with Crippen molar-refractivity contribution in [3.05, 3.63) is 91.0 Å². The molecule has 7 nitrogen and oxygen atoms in total. The molecule has 0 spiro atoms. The van der Waals surface area contributed by atoms with E-state index < -0.39 is 10.0 Å². The van der Waals surface area contributed by atoms with E-state index in [0.29, 0.717) is 31.1 Å². The van der Waals surface area contributed by atoms with Gasteiger partial charge in [0.2, 0.25) is 10.0 Å². The first-order valence-corrected chi connectivity index (χ1v) is 12.9. The van der Waals surface area contributed by atoms with Crippen LogP contribution in [0.4, 0.5) is 5.82 Å². The molecular formula is C27H26N4O3S. The molecule has 0 bridgehead atoms. The summed E-state index contributed by atoms with van der Waals surface area (Å²) >= 11 is 0. The predicted octanol–water partition coefficient (Wildman–Crippen LogP) is 4.33. The highest BCUT2D eigenvalue weighted by Gasteiger charge is 2.29. The van der Waals surface area contributed by atoms with Crippen LogP contribution in [0, 0.1) is 0 Å². The van der Waals surface area contributed by atoms with Crippen LogP contribution in [-0.2, 0) is 10.0 Å². The van der Waals surface area contributed by atoms with E-state index in [1.54, 1.807) is 23.5 Å². The summed E-state index contributed by atoms with van der Waals surface area (Å²) in [4.78, 5) is 2.38. The first kappa shape index (κ1) is 23.0. The van der Waals surface area contributed by atoms with Gasteiger partial charge in [-0.1, -0.05) is 54.6 Å². The topological polar surface area (TPSA) is 75.6 Å². The normalized spacial score (nSPS) is 14.6. The number of anilines is 1. The van der Waals surface area contributed by atoms with Gasteiger partial charge in [-0.15, -0.1) is 10.2 Å². The van der Waals surface area contributed by atoms with Gasteiger partial charge in [0.15, 0.2) is 5.82 Å². The van der Waals surface area contributed by atoms with Crippen molar-refractivity contribution in [3.63, 3.8) is 0 Å². The molecule has 1 fully saturated rings. The molecule has 0 aliphatic carbocycles. The molecule has 178 valence electrons. The second-order valence-corrected chi connectivity index (χ2v) is 10.2. The molecule has 0 radical (unpaired) electrons. The molecule has 2 heterocycles. The third-order valence-electron chi connectivity index (χ3n) is 6.18. The molecular weight excluding hydrogens is 460 g/mol. The lowest BCUT2D eigenvalue weighted by molar-refractivity contribution is 0.383. The molecule has 8 heteroatoms. The summed E-state index contributed by atoms with van der Waals surface area (Å²) in [5.41, 5.74) is 3.74. The highest BCUT2D eigenvalue weighted by molar-refractivity contribution is 7.89. The minimum Gasteiger partial charge on any atom is -0.497 e. The fourth-order valence-corrected chi connectivity index (χ4v) is 5.61. The van der Waals surface area contributed by atoms with Gasteiger partial charge in [0.05, 0.1) is 17.7 Å². The van der Waals surface area contributed by atoms with E-state index in [-0.39, 0.29) is 0 Å². The van der Waals surface area contributed by atoms with E-state index in [1.165, 1.54) is 0 Å². The molecule has 0 atom stereocenters. The van der Waals surface area contributed by atoms with Gasteiger partial charge in [0.25, 0.3) is 0 Å². The second-order valence-electron chi connectivity index (χ2n) is 8.29. The van der Waals surface area contributed by atoms with Crippen molar-refractivity contribution >= 4 is 15.8 Å². The maximum absolute atomic E-state index is 13.2. The lowest BCUT2D eigenvalue weighted by atomic mass is 10.1. The Hall–Kier alpha value is -3.75. The number of nitrogens with zero attached hydrogens (tertiary/aromatic N) is 4.